The average molecular weight is 338 g/mol. The Morgan fingerprint density at radius 3 is 1.83 bits per heavy atom. The first-order valence-corrected chi connectivity index (χ1v) is 12.1. The molecule has 1 atom stereocenters. The molecule has 0 spiro atoms. The number of rotatable bonds is 6. The summed E-state index contributed by atoms with van der Waals surface area (Å²) in [6, 6.07) is 19.7. The standard InChI is InChI=1S/C21H27NOSi/c1-18(24(2,3)4)12-11-17-21(23)22(19-13-7-5-8-14-19)20-15-9-6-10-16-20/h5-16,18H,17H2,1-4H3. The fraction of sp³-hybridized carbons (Fsp3) is 0.286. The van der Waals surface area contributed by atoms with Crippen molar-refractivity contribution in [1.82, 2.24) is 0 Å². The summed E-state index contributed by atoms with van der Waals surface area (Å²) >= 11 is 0. The smallest absolute Gasteiger partial charge is 0.235 e. The highest BCUT2D eigenvalue weighted by molar-refractivity contribution is 6.77. The zero-order valence-electron chi connectivity index (χ0n) is 15.1. The van der Waals surface area contributed by atoms with E-state index in [0.29, 0.717) is 12.0 Å². The van der Waals surface area contributed by atoms with Gasteiger partial charge in [0.2, 0.25) is 5.91 Å². The zero-order chi connectivity index (χ0) is 17.6. The molecule has 0 saturated carbocycles. The van der Waals surface area contributed by atoms with Crippen LogP contribution in [-0.2, 0) is 4.79 Å². The van der Waals surface area contributed by atoms with Crippen LogP contribution in [0, 0.1) is 0 Å². The number of hydrogen-bond acceptors (Lipinski definition) is 1. The summed E-state index contributed by atoms with van der Waals surface area (Å²) in [7, 11) is -1.20. The summed E-state index contributed by atoms with van der Waals surface area (Å²) < 4.78 is 0. The van der Waals surface area contributed by atoms with E-state index < -0.39 is 8.07 Å². The minimum atomic E-state index is -1.20. The molecule has 1 amide bonds. The maximum absolute atomic E-state index is 12.9. The van der Waals surface area contributed by atoms with E-state index in [-0.39, 0.29) is 5.91 Å². The van der Waals surface area contributed by atoms with Gasteiger partial charge in [-0.2, -0.15) is 0 Å². The van der Waals surface area contributed by atoms with Crippen molar-refractivity contribution in [3.05, 3.63) is 72.8 Å². The quantitative estimate of drug-likeness (QED) is 0.466. The first-order valence-electron chi connectivity index (χ1n) is 8.49. The van der Waals surface area contributed by atoms with Crippen LogP contribution in [0.5, 0.6) is 0 Å². The van der Waals surface area contributed by atoms with Crippen LogP contribution in [0.15, 0.2) is 72.8 Å². The number of hydrogen-bond donors (Lipinski definition) is 0. The van der Waals surface area contributed by atoms with Crippen LogP contribution >= 0.6 is 0 Å². The Bertz CT molecular complexity index is 634. The molecule has 0 radical (unpaired) electrons. The number of allylic oxidation sites excluding steroid dienone is 1. The van der Waals surface area contributed by atoms with Crippen molar-refractivity contribution in [3.63, 3.8) is 0 Å². The fourth-order valence-corrected chi connectivity index (χ4v) is 3.06. The largest absolute Gasteiger partial charge is 0.281 e. The number of carbonyl (C=O) groups excluding carboxylic acids is 1. The van der Waals surface area contributed by atoms with Gasteiger partial charge in [-0.3, -0.25) is 9.69 Å². The topological polar surface area (TPSA) is 20.3 Å². The van der Waals surface area contributed by atoms with Gasteiger partial charge in [-0.25, -0.2) is 0 Å². The molecule has 2 nitrogen and oxygen atoms in total. The molecule has 24 heavy (non-hydrogen) atoms. The van der Waals surface area contributed by atoms with Gasteiger partial charge in [-0.05, 0) is 29.8 Å². The first kappa shape index (κ1) is 18.2. The third-order valence-electron chi connectivity index (χ3n) is 4.36. The van der Waals surface area contributed by atoms with Crippen molar-refractivity contribution in [1.29, 1.82) is 0 Å². The van der Waals surface area contributed by atoms with Gasteiger partial charge in [0, 0.05) is 17.8 Å². The molecule has 0 heterocycles. The van der Waals surface area contributed by atoms with Crippen molar-refractivity contribution < 1.29 is 4.79 Å². The molecular weight excluding hydrogens is 310 g/mol. The van der Waals surface area contributed by atoms with Crippen molar-refractivity contribution in [2.75, 3.05) is 4.90 Å². The van der Waals surface area contributed by atoms with E-state index in [0.717, 1.165) is 11.4 Å². The van der Waals surface area contributed by atoms with E-state index in [4.69, 9.17) is 0 Å². The second-order valence-electron chi connectivity index (χ2n) is 7.19. The van der Waals surface area contributed by atoms with Gasteiger partial charge in [-0.15, -0.1) is 0 Å². The maximum atomic E-state index is 12.9. The highest BCUT2D eigenvalue weighted by Gasteiger charge is 2.20. The second-order valence-corrected chi connectivity index (χ2v) is 12.8. The molecule has 2 rings (SSSR count). The monoisotopic (exact) mass is 337 g/mol. The summed E-state index contributed by atoms with van der Waals surface area (Å²) in [5.41, 5.74) is 2.37. The van der Waals surface area contributed by atoms with E-state index in [9.17, 15) is 4.79 Å². The third-order valence-corrected chi connectivity index (χ3v) is 7.29. The van der Waals surface area contributed by atoms with Crippen molar-refractivity contribution in [3.8, 4) is 0 Å². The number of carbonyl (C=O) groups is 1. The summed E-state index contributed by atoms with van der Waals surface area (Å²) in [5.74, 6) is 0.0893. The maximum Gasteiger partial charge on any atom is 0.235 e. The number of para-hydroxylation sites is 2. The van der Waals surface area contributed by atoms with Gasteiger partial charge in [0.1, 0.15) is 0 Å². The van der Waals surface area contributed by atoms with Crippen molar-refractivity contribution in [2.45, 2.75) is 38.5 Å². The van der Waals surface area contributed by atoms with E-state index in [1.165, 1.54) is 0 Å². The molecule has 0 bridgehead atoms. The van der Waals surface area contributed by atoms with Crippen LogP contribution in [0.1, 0.15) is 13.3 Å². The lowest BCUT2D eigenvalue weighted by molar-refractivity contribution is -0.117. The lowest BCUT2D eigenvalue weighted by Crippen LogP contribution is -2.26. The van der Waals surface area contributed by atoms with Crippen LogP contribution in [0.4, 0.5) is 11.4 Å². The van der Waals surface area contributed by atoms with Gasteiger partial charge >= 0.3 is 0 Å². The van der Waals surface area contributed by atoms with Crippen LogP contribution in [-0.4, -0.2) is 14.0 Å². The molecule has 0 aliphatic rings. The molecule has 0 aromatic heterocycles. The second kappa shape index (κ2) is 8.11. The highest BCUT2D eigenvalue weighted by Crippen LogP contribution is 2.26. The molecular formula is C21H27NOSi. The first-order chi connectivity index (χ1) is 11.4. The summed E-state index contributed by atoms with van der Waals surface area (Å²) in [5, 5.41) is 0. The van der Waals surface area contributed by atoms with Crippen molar-refractivity contribution >= 4 is 25.4 Å². The lowest BCUT2D eigenvalue weighted by atomic mass is 10.2. The van der Waals surface area contributed by atoms with Gasteiger partial charge in [0.25, 0.3) is 0 Å². The molecule has 0 aliphatic carbocycles. The van der Waals surface area contributed by atoms with Crippen molar-refractivity contribution in [2.24, 2.45) is 0 Å². The van der Waals surface area contributed by atoms with Crippen LogP contribution in [0.3, 0.4) is 0 Å². The third kappa shape index (κ3) is 4.93. The molecule has 3 heteroatoms. The summed E-state index contributed by atoms with van der Waals surface area (Å²) in [6.45, 7) is 9.30. The van der Waals surface area contributed by atoms with Gasteiger partial charge < -0.3 is 0 Å². The van der Waals surface area contributed by atoms with E-state index in [2.05, 4.69) is 32.6 Å². The predicted molar refractivity (Wildman–Crippen MR) is 107 cm³/mol. The Kier molecular flexibility index (Phi) is 6.15. The number of benzene rings is 2. The van der Waals surface area contributed by atoms with Gasteiger partial charge in [-0.1, -0.05) is 75.1 Å². The number of anilines is 2. The minimum absolute atomic E-state index is 0.0893. The van der Waals surface area contributed by atoms with Gasteiger partial charge in [0.05, 0.1) is 8.07 Å². The average Bonchev–Trinajstić information content (AvgIpc) is 2.56. The molecule has 1 unspecified atom stereocenters. The zero-order valence-corrected chi connectivity index (χ0v) is 16.1. The normalized spacial score (nSPS) is 13.0. The van der Waals surface area contributed by atoms with E-state index >= 15 is 0 Å². The minimum Gasteiger partial charge on any atom is -0.281 e. The number of amides is 1. The highest BCUT2D eigenvalue weighted by atomic mass is 28.3. The summed E-state index contributed by atoms with van der Waals surface area (Å²) in [4.78, 5) is 14.7. The fourth-order valence-electron chi connectivity index (χ4n) is 2.34. The van der Waals surface area contributed by atoms with Crippen LogP contribution in [0.25, 0.3) is 0 Å². The Morgan fingerprint density at radius 2 is 1.42 bits per heavy atom. The molecule has 0 fully saturated rings. The summed E-state index contributed by atoms with van der Waals surface area (Å²) in [6.07, 6.45) is 4.65. The lowest BCUT2D eigenvalue weighted by Gasteiger charge is -2.23. The SMILES string of the molecule is CC(C=CCC(=O)N(c1ccccc1)c1ccccc1)[Si](C)(C)C. The number of nitrogens with zero attached hydrogens (tertiary/aromatic N) is 1. The van der Waals surface area contributed by atoms with Crippen LogP contribution in [0.2, 0.25) is 25.2 Å². The molecule has 2 aromatic rings. The van der Waals surface area contributed by atoms with Crippen LogP contribution < -0.4 is 4.90 Å². The molecule has 2 aromatic carbocycles. The molecule has 126 valence electrons. The Balaban J connectivity index is 2.19. The molecule has 0 N–H and O–H groups in total. The predicted octanol–water partition coefficient (Wildman–Crippen LogP) is 6.03. The Morgan fingerprint density at radius 1 is 0.958 bits per heavy atom. The Hall–Kier alpha value is -2.13. The molecule has 0 aliphatic heterocycles. The molecule has 0 saturated heterocycles. The van der Waals surface area contributed by atoms with E-state index in [1.807, 2.05) is 66.7 Å². The van der Waals surface area contributed by atoms with Gasteiger partial charge in [0.15, 0.2) is 0 Å². The van der Waals surface area contributed by atoms with E-state index in [1.54, 1.807) is 4.90 Å². The Labute approximate surface area is 146 Å².